The quantitative estimate of drug-likeness (QED) is 0.591. The van der Waals surface area contributed by atoms with Gasteiger partial charge in [0.05, 0.1) is 41.7 Å². The van der Waals surface area contributed by atoms with E-state index in [9.17, 15) is 4.79 Å². The van der Waals surface area contributed by atoms with E-state index in [-0.39, 0.29) is 5.91 Å². The van der Waals surface area contributed by atoms with E-state index in [2.05, 4.69) is 10.2 Å². The van der Waals surface area contributed by atoms with Crippen molar-refractivity contribution in [3.8, 4) is 11.5 Å². The Balaban J connectivity index is 1.33. The zero-order valence-electron chi connectivity index (χ0n) is 17.0. The SMILES string of the molecule is COc1ccc(OC)c(NC(=O)CN2CCC(c3nc4cc(Cl)ccc4s3)CC2)c1. The maximum atomic E-state index is 12.6. The highest BCUT2D eigenvalue weighted by Gasteiger charge is 2.24. The molecular formula is C22H24ClN3O3S. The second-order valence-electron chi connectivity index (χ2n) is 7.33. The number of methoxy groups -OCH3 is 2. The van der Waals surface area contributed by atoms with Gasteiger partial charge in [0.1, 0.15) is 11.5 Å². The summed E-state index contributed by atoms with van der Waals surface area (Å²) in [4.78, 5) is 19.5. The van der Waals surface area contributed by atoms with Gasteiger partial charge in [-0.1, -0.05) is 11.6 Å². The summed E-state index contributed by atoms with van der Waals surface area (Å²) in [7, 11) is 3.18. The Kier molecular flexibility index (Phi) is 6.41. The van der Waals surface area contributed by atoms with E-state index in [4.69, 9.17) is 26.1 Å². The minimum atomic E-state index is -0.0605. The van der Waals surface area contributed by atoms with E-state index in [1.807, 2.05) is 18.2 Å². The average molecular weight is 446 g/mol. The predicted octanol–water partition coefficient (Wildman–Crippen LogP) is 4.79. The van der Waals surface area contributed by atoms with Gasteiger partial charge in [-0.05, 0) is 56.3 Å². The van der Waals surface area contributed by atoms with Gasteiger partial charge in [-0.25, -0.2) is 4.98 Å². The van der Waals surface area contributed by atoms with Crippen LogP contribution in [0.25, 0.3) is 10.2 Å². The number of ether oxygens (including phenoxy) is 2. The molecule has 1 aliphatic heterocycles. The number of hydrogen-bond donors (Lipinski definition) is 1. The van der Waals surface area contributed by atoms with Gasteiger partial charge in [0, 0.05) is 17.0 Å². The highest BCUT2D eigenvalue weighted by molar-refractivity contribution is 7.18. The number of hydrogen-bond acceptors (Lipinski definition) is 6. The fraction of sp³-hybridized carbons (Fsp3) is 0.364. The van der Waals surface area contributed by atoms with Crippen LogP contribution in [-0.2, 0) is 4.79 Å². The highest BCUT2D eigenvalue weighted by atomic mass is 35.5. The third-order valence-corrected chi connectivity index (χ3v) is 6.78. The molecule has 0 saturated carbocycles. The van der Waals surface area contributed by atoms with Crippen molar-refractivity contribution in [3.05, 3.63) is 46.4 Å². The summed E-state index contributed by atoms with van der Waals surface area (Å²) in [5.74, 6) is 1.65. The molecule has 0 spiro atoms. The monoisotopic (exact) mass is 445 g/mol. The fourth-order valence-corrected chi connectivity index (χ4v) is 5.02. The molecule has 2 aromatic carbocycles. The van der Waals surface area contributed by atoms with E-state index < -0.39 is 0 Å². The molecule has 158 valence electrons. The summed E-state index contributed by atoms with van der Waals surface area (Å²) in [5.41, 5.74) is 1.58. The van der Waals surface area contributed by atoms with E-state index in [0.717, 1.165) is 36.5 Å². The minimum absolute atomic E-state index is 0.0605. The van der Waals surface area contributed by atoms with Crippen molar-refractivity contribution in [2.24, 2.45) is 0 Å². The molecule has 0 bridgehead atoms. The van der Waals surface area contributed by atoms with Crippen LogP contribution in [0, 0.1) is 0 Å². The molecule has 1 aromatic heterocycles. The Morgan fingerprint density at radius 3 is 2.73 bits per heavy atom. The number of nitrogens with one attached hydrogen (secondary N) is 1. The number of benzene rings is 2. The van der Waals surface area contributed by atoms with Gasteiger partial charge in [-0.15, -0.1) is 11.3 Å². The van der Waals surface area contributed by atoms with Crippen molar-refractivity contribution in [1.82, 2.24) is 9.88 Å². The van der Waals surface area contributed by atoms with Gasteiger partial charge >= 0.3 is 0 Å². The van der Waals surface area contributed by atoms with E-state index >= 15 is 0 Å². The first-order valence-corrected chi connectivity index (χ1v) is 11.1. The lowest BCUT2D eigenvalue weighted by atomic mass is 9.97. The van der Waals surface area contributed by atoms with Gasteiger partial charge in [0.25, 0.3) is 0 Å². The Morgan fingerprint density at radius 1 is 1.20 bits per heavy atom. The van der Waals surface area contributed by atoms with Gasteiger partial charge in [-0.2, -0.15) is 0 Å². The van der Waals surface area contributed by atoms with Gasteiger partial charge in [0.2, 0.25) is 5.91 Å². The molecule has 8 heteroatoms. The summed E-state index contributed by atoms with van der Waals surface area (Å²) >= 11 is 7.82. The first kappa shape index (κ1) is 20.9. The van der Waals surface area contributed by atoms with Gasteiger partial charge in [-0.3, -0.25) is 9.69 Å². The van der Waals surface area contributed by atoms with Crippen molar-refractivity contribution in [2.45, 2.75) is 18.8 Å². The van der Waals surface area contributed by atoms with Crippen LogP contribution in [0.15, 0.2) is 36.4 Å². The Labute approximate surface area is 184 Å². The third-order valence-electron chi connectivity index (χ3n) is 5.35. The average Bonchev–Trinajstić information content (AvgIpc) is 3.17. The lowest BCUT2D eigenvalue weighted by Crippen LogP contribution is -2.38. The lowest BCUT2D eigenvalue weighted by Gasteiger charge is -2.30. The van der Waals surface area contributed by atoms with Crippen molar-refractivity contribution >= 4 is 44.7 Å². The van der Waals surface area contributed by atoms with Crippen LogP contribution in [0.3, 0.4) is 0 Å². The largest absolute Gasteiger partial charge is 0.497 e. The number of fused-ring (bicyclic) bond motifs is 1. The molecule has 30 heavy (non-hydrogen) atoms. The molecule has 0 unspecified atom stereocenters. The number of likely N-dealkylation sites (tertiary alicyclic amines) is 1. The summed E-state index contributed by atoms with van der Waals surface area (Å²) in [6.45, 7) is 2.08. The molecule has 1 aliphatic rings. The number of halogens is 1. The number of amides is 1. The third kappa shape index (κ3) is 4.69. The molecule has 1 N–H and O–H groups in total. The maximum absolute atomic E-state index is 12.6. The van der Waals surface area contributed by atoms with Crippen LogP contribution in [0.2, 0.25) is 5.02 Å². The maximum Gasteiger partial charge on any atom is 0.238 e. The molecule has 4 rings (SSSR count). The van der Waals surface area contributed by atoms with Crippen LogP contribution in [0.4, 0.5) is 5.69 Å². The predicted molar refractivity (Wildman–Crippen MR) is 121 cm³/mol. The Bertz CT molecular complexity index is 1050. The number of anilines is 1. The normalized spacial score (nSPS) is 15.3. The second kappa shape index (κ2) is 9.20. The zero-order chi connectivity index (χ0) is 21.1. The summed E-state index contributed by atoms with van der Waals surface area (Å²) in [5, 5.41) is 4.82. The molecular weight excluding hydrogens is 422 g/mol. The minimum Gasteiger partial charge on any atom is -0.497 e. The smallest absolute Gasteiger partial charge is 0.238 e. The lowest BCUT2D eigenvalue weighted by molar-refractivity contribution is -0.117. The second-order valence-corrected chi connectivity index (χ2v) is 8.83. The van der Waals surface area contributed by atoms with E-state index in [1.54, 1.807) is 43.8 Å². The number of carbonyl (C=O) groups is 1. The van der Waals surface area contributed by atoms with Crippen molar-refractivity contribution in [3.63, 3.8) is 0 Å². The molecule has 3 aromatic rings. The van der Waals surface area contributed by atoms with Crippen molar-refractivity contribution in [1.29, 1.82) is 0 Å². The zero-order valence-corrected chi connectivity index (χ0v) is 18.6. The number of nitrogens with zero attached hydrogens (tertiary/aromatic N) is 2. The van der Waals surface area contributed by atoms with E-state index in [1.165, 1.54) is 4.70 Å². The topological polar surface area (TPSA) is 63.7 Å². The summed E-state index contributed by atoms with van der Waals surface area (Å²) in [6.07, 6.45) is 1.98. The number of aromatic nitrogens is 1. The van der Waals surface area contributed by atoms with Crippen LogP contribution in [-0.4, -0.2) is 49.6 Å². The Hall–Kier alpha value is -2.35. The number of rotatable bonds is 6. The molecule has 0 radical (unpaired) electrons. The van der Waals surface area contributed by atoms with Gasteiger partial charge in [0.15, 0.2) is 0 Å². The molecule has 0 aliphatic carbocycles. The first-order chi connectivity index (χ1) is 14.6. The van der Waals surface area contributed by atoms with Crippen molar-refractivity contribution < 1.29 is 14.3 Å². The Morgan fingerprint density at radius 2 is 2.00 bits per heavy atom. The van der Waals surface area contributed by atoms with Crippen LogP contribution >= 0.6 is 22.9 Å². The molecule has 6 nitrogen and oxygen atoms in total. The standard InChI is InChI=1S/C22H24ClN3O3S/c1-28-16-4-5-19(29-2)17(12-16)24-21(27)13-26-9-7-14(8-10-26)22-25-18-11-15(23)3-6-20(18)30-22/h3-6,11-12,14H,7-10,13H2,1-2H3,(H,24,27). The summed E-state index contributed by atoms with van der Waals surface area (Å²) < 4.78 is 11.7. The first-order valence-electron chi connectivity index (χ1n) is 9.86. The fourth-order valence-electron chi connectivity index (χ4n) is 3.74. The molecule has 1 saturated heterocycles. The highest BCUT2D eigenvalue weighted by Crippen LogP contribution is 2.35. The van der Waals surface area contributed by atoms with Gasteiger partial charge < -0.3 is 14.8 Å². The molecule has 2 heterocycles. The van der Waals surface area contributed by atoms with Crippen LogP contribution in [0.5, 0.6) is 11.5 Å². The van der Waals surface area contributed by atoms with Crippen LogP contribution in [0.1, 0.15) is 23.8 Å². The molecule has 1 fully saturated rings. The van der Waals surface area contributed by atoms with Crippen molar-refractivity contribution in [2.75, 3.05) is 39.2 Å². The summed E-state index contributed by atoms with van der Waals surface area (Å²) in [6, 6.07) is 11.2. The number of piperidine rings is 1. The number of thiazole rings is 1. The molecule has 1 amide bonds. The van der Waals surface area contributed by atoms with E-state index in [0.29, 0.717) is 34.7 Å². The molecule has 0 atom stereocenters. The van der Waals surface area contributed by atoms with Crippen LogP contribution < -0.4 is 14.8 Å². The number of carbonyl (C=O) groups excluding carboxylic acids is 1.